The standard InChI is InChI=1S/C14H18N2O3/c1-10(2)16(3)14(19)15-12-7-4-11(5-8-12)6-9-13(17)18/h4-10H,1-3H3,(H,15,19)(H,17,18)/b9-6+. The Morgan fingerprint density at radius 2 is 1.84 bits per heavy atom. The maximum absolute atomic E-state index is 11.8. The van der Waals surface area contributed by atoms with E-state index in [2.05, 4.69) is 5.32 Å². The number of hydrogen-bond acceptors (Lipinski definition) is 2. The first-order valence-corrected chi connectivity index (χ1v) is 5.95. The fourth-order valence-corrected chi connectivity index (χ4v) is 1.29. The van der Waals surface area contributed by atoms with Gasteiger partial charge >= 0.3 is 12.0 Å². The Morgan fingerprint density at radius 1 is 1.26 bits per heavy atom. The number of carbonyl (C=O) groups is 2. The van der Waals surface area contributed by atoms with E-state index in [-0.39, 0.29) is 12.1 Å². The molecule has 0 saturated carbocycles. The maximum Gasteiger partial charge on any atom is 0.328 e. The van der Waals surface area contributed by atoms with E-state index in [0.29, 0.717) is 5.69 Å². The fraction of sp³-hybridized carbons (Fsp3) is 0.286. The summed E-state index contributed by atoms with van der Waals surface area (Å²) < 4.78 is 0. The van der Waals surface area contributed by atoms with Crippen molar-refractivity contribution >= 4 is 23.8 Å². The van der Waals surface area contributed by atoms with Crippen molar-refractivity contribution in [3.63, 3.8) is 0 Å². The zero-order valence-electron chi connectivity index (χ0n) is 11.3. The second-order valence-corrected chi connectivity index (χ2v) is 4.43. The number of urea groups is 1. The minimum Gasteiger partial charge on any atom is -0.478 e. The third-order valence-corrected chi connectivity index (χ3v) is 2.68. The molecule has 0 radical (unpaired) electrons. The Balaban J connectivity index is 2.67. The molecule has 0 aliphatic rings. The van der Waals surface area contributed by atoms with Gasteiger partial charge in [0.25, 0.3) is 0 Å². The molecular weight excluding hydrogens is 244 g/mol. The van der Waals surface area contributed by atoms with Crippen molar-refractivity contribution in [3.8, 4) is 0 Å². The van der Waals surface area contributed by atoms with Crippen LogP contribution in [-0.2, 0) is 4.79 Å². The fourth-order valence-electron chi connectivity index (χ4n) is 1.29. The van der Waals surface area contributed by atoms with Crippen LogP contribution in [0.3, 0.4) is 0 Å². The Labute approximate surface area is 112 Å². The molecule has 0 saturated heterocycles. The van der Waals surface area contributed by atoms with E-state index in [1.165, 1.54) is 6.08 Å². The van der Waals surface area contributed by atoms with Crippen LogP contribution < -0.4 is 5.32 Å². The Bertz CT molecular complexity index is 478. The molecule has 1 aromatic carbocycles. The quantitative estimate of drug-likeness (QED) is 0.819. The topological polar surface area (TPSA) is 69.6 Å². The lowest BCUT2D eigenvalue weighted by molar-refractivity contribution is -0.131. The number of carboxylic acids is 1. The summed E-state index contributed by atoms with van der Waals surface area (Å²) in [5.41, 5.74) is 1.43. The first-order chi connectivity index (χ1) is 8.90. The van der Waals surface area contributed by atoms with Crippen LogP contribution in [0.15, 0.2) is 30.3 Å². The molecule has 5 nitrogen and oxygen atoms in total. The van der Waals surface area contributed by atoms with Gasteiger partial charge in [-0.3, -0.25) is 0 Å². The summed E-state index contributed by atoms with van der Waals surface area (Å²) in [6.45, 7) is 3.86. The summed E-state index contributed by atoms with van der Waals surface area (Å²) in [6.07, 6.45) is 2.56. The van der Waals surface area contributed by atoms with E-state index in [0.717, 1.165) is 11.6 Å². The van der Waals surface area contributed by atoms with Gasteiger partial charge in [0.1, 0.15) is 0 Å². The van der Waals surface area contributed by atoms with Crippen LogP contribution in [0.2, 0.25) is 0 Å². The van der Waals surface area contributed by atoms with Crippen molar-refractivity contribution in [1.29, 1.82) is 0 Å². The number of aliphatic carboxylic acids is 1. The van der Waals surface area contributed by atoms with Crippen LogP contribution >= 0.6 is 0 Å². The minimum absolute atomic E-state index is 0.123. The van der Waals surface area contributed by atoms with Crippen LogP contribution in [0.25, 0.3) is 6.08 Å². The van der Waals surface area contributed by atoms with Crippen LogP contribution in [0.4, 0.5) is 10.5 Å². The van der Waals surface area contributed by atoms with Gasteiger partial charge in [-0.05, 0) is 37.6 Å². The number of nitrogens with one attached hydrogen (secondary N) is 1. The molecule has 5 heteroatoms. The van der Waals surface area contributed by atoms with Gasteiger partial charge in [-0.1, -0.05) is 12.1 Å². The summed E-state index contributed by atoms with van der Waals surface area (Å²) in [6, 6.07) is 6.89. The largest absolute Gasteiger partial charge is 0.478 e. The van der Waals surface area contributed by atoms with Crippen molar-refractivity contribution in [3.05, 3.63) is 35.9 Å². The number of anilines is 1. The molecule has 0 fully saturated rings. The van der Waals surface area contributed by atoms with Crippen LogP contribution in [0, 0.1) is 0 Å². The number of nitrogens with zero attached hydrogens (tertiary/aromatic N) is 1. The first kappa shape index (κ1) is 14.8. The van der Waals surface area contributed by atoms with Crippen molar-refractivity contribution in [1.82, 2.24) is 4.90 Å². The molecule has 0 bridgehead atoms. The molecule has 0 atom stereocenters. The highest BCUT2D eigenvalue weighted by molar-refractivity contribution is 5.89. The second kappa shape index (κ2) is 6.58. The van der Waals surface area contributed by atoms with Crippen molar-refractivity contribution in [2.45, 2.75) is 19.9 Å². The van der Waals surface area contributed by atoms with Gasteiger partial charge in [-0.2, -0.15) is 0 Å². The summed E-state index contributed by atoms with van der Waals surface area (Å²) in [4.78, 5) is 23.7. The van der Waals surface area contributed by atoms with Gasteiger partial charge in [0, 0.05) is 24.9 Å². The zero-order valence-corrected chi connectivity index (χ0v) is 11.3. The van der Waals surface area contributed by atoms with Crippen LogP contribution in [0.5, 0.6) is 0 Å². The molecule has 1 aromatic rings. The number of hydrogen-bond donors (Lipinski definition) is 2. The van der Waals surface area contributed by atoms with Crippen LogP contribution in [0.1, 0.15) is 19.4 Å². The first-order valence-electron chi connectivity index (χ1n) is 5.95. The van der Waals surface area contributed by atoms with E-state index in [9.17, 15) is 9.59 Å². The molecular formula is C14H18N2O3. The number of amides is 2. The monoisotopic (exact) mass is 262 g/mol. The zero-order chi connectivity index (χ0) is 14.4. The highest BCUT2D eigenvalue weighted by Crippen LogP contribution is 2.11. The maximum atomic E-state index is 11.8. The predicted octanol–water partition coefficient (Wildman–Crippen LogP) is 2.66. The molecule has 0 spiro atoms. The average Bonchev–Trinajstić information content (AvgIpc) is 2.36. The lowest BCUT2D eigenvalue weighted by Crippen LogP contribution is -2.36. The molecule has 19 heavy (non-hydrogen) atoms. The lowest BCUT2D eigenvalue weighted by Gasteiger charge is -2.21. The van der Waals surface area contributed by atoms with Gasteiger partial charge in [0.2, 0.25) is 0 Å². The van der Waals surface area contributed by atoms with E-state index >= 15 is 0 Å². The highest BCUT2D eigenvalue weighted by Gasteiger charge is 2.11. The van der Waals surface area contributed by atoms with E-state index in [1.807, 2.05) is 13.8 Å². The van der Waals surface area contributed by atoms with Crippen molar-refractivity contribution in [2.75, 3.05) is 12.4 Å². The summed E-state index contributed by atoms with van der Waals surface area (Å²) in [5, 5.41) is 11.3. The van der Waals surface area contributed by atoms with Gasteiger partial charge in [-0.25, -0.2) is 9.59 Å². The van der Waals surface area contributed by atoms with E-state index in [4.69, 9.17) is 5.11 Å². The van der Waals surface area contributed by atoms with Gasteiger partial charge in [-0.15, -0.1) is 0 Å². The third kappa shape index (κ3) is 4.83. The Hall–Kier alpha value is -2.30. The molecule has 0 aromatic heterocycles. The highest BCUT2D eigenvalue weighted by atomic mass is 16.4. The number of carboxylic acid groups (broad SMARTS) is 1. The molecule has 0 heterocycles. The van der Waals surface area contributed by atoms with Crippen LogP contribution in [-0.4, -0.2) is 35.1 Å². The Morgan fingerprint density at radius 3 is 2.32 bits per heavy atom. The van der Waals surface area contributed by atoms with Gasteiger partial charge in [0.15, 0.2) is 0 Å². The molecule has 102 valence electrons. The Kier molecular flexibility index (Phi) is 5.11. The molecule has 0 aliphatic carbocycles. The number of benzene rings is 1. The summed E-state index contributed by atoms with van der Waals surface area (Å²) in [7, 11) is 1.73. The van der Waals surface area contributed by atoms with Gasteiger partial charge < -0.3 is 15.3 Å². The number of carbonyl (C=O) groups excluding carboxylic acids is 1. The minimum atomic E-state index is -0.990. The average molecular weight is 262 g/mol. The third-order valence-electron chi connectivity index (χ3n) is 2.68. The van der Waals surface area contributed by atoms with E-state index < -0.39 is 5.97 Å². The van der Waals surface area contributed by atoms with E-state index in [1.54, 1.807) is 36.2 Å². The second-order valence-electron chi connectivity index (χ2n) is 4.43. The number of rotatable bonds is 4. The molecule has 2 amide bonds. The smallest absolute Gasteiger partial charge is 0.328 e. The summed E-state index contributed by atoms with van der Waals surface area (Å²) >= 11 is 0. The SMILES string of the molecule is CC(C)N(C)C(=O)Nc1ccc(/C=C/C(=O)O)cc1. The molecule has 2 N–H and O–H groups in total. The lowest BCUT2D eigenvalue weighted by atomic mass is 10.2. The molecule has 1 rings (SSSR count). The predicted molar refractivity (Wildman–Crippen MR) is 75.0 cm³/mol. The normalized spacial score (nSPS) is 10.7. The summed E-state index contributed by atoms with van der Waals surface area (Å²) in [5.74, 6) is -0.990. The van der Waals surface area contributed by atoms with Crippen molar-refractivity contribution in [2.24, 2.45) is 0 Å². The molecule has 0 unspecified atom stereocenters. The van der Waals surface area contributed by atoms with Crippen molar-refractivity contribution < 1.29 is 14.7 Å². The molecule has 0 aliphatic heterocycles. The van der Waals surface area contributed by atoms with Gasteiger partial charge in [0.05, 0.1) is 0 Å².